The highest BCUT2D eigenvalue weighted by atomic mass is 32.2. The highest BCUT2D eigenvalue weighted by molar-refractivity contribution is 7.89. The molecule has 0 spiro atoms. The third-order valence-electron chi connectivity index (χ3n) is 2.55. The van der Waals surface area contributed by atoms with E-state index >= 15 is 0 Å². The van der Waals surface area contributed by atoms with Crippen LogP contribution in [0.5, 0.6) is 0 Å². The normalized spacial score (nSPS) is 11.5. The molecule has 2 N–H and O–H groups in total. The Balaban J connectivity index is 2.18. The molecule has 108 valence electrons. The smallest absolute Gasteiger partial charge is 0.244 e. The molecule has 6 nitrogen and oxygen atoms in total. The number of aromatic nitrogens is 2. The van der Waals surface area contributed by atoms with Gasteiger partial charge in [0.2, 0.25) is 10.0 Å². The van der Waals surface area contributed by atoms with E-state index in [-0.39, 0.29) is 11.4 Å². The highest BCUT2D eigenvalue weighted by Crippen LogP contribution is 2.20. The Morgan fingerprint density at radius 2 is 2.15 bits per heavy atom. The third-order valence-corrected chi connectivity index (χ3v) is 4.89. The van der Waals surface area contributed by atoms with Crippen molar-refractivity contribution >= 4 is 27.0 Å². The first-order valence-corrected chi connectivity index (χ1v) is 8.41. The fraction of sp³-hybridized carbons (Fsp3) is 0.333. The quantitative estimate of drug-likeness (QED) is 0.849. The molecule has 0 aliphatic rings. The van der Waals surface area contributed by atoms with Gasteiger partial charge in [0.1, 0.15) is 4.90 Å². The zero-order valence-corrected chi connectivity index (χ0v) is 12.9. The Kier molecular flexibility index (Phi) is 4.69. The van der Waals surface area contributed by atoms with Crippen LogP contribution in [0.3, 0.4) is 0 Å². The van der Waals surface area contributed by atoms with Crippen LogP contribution in [0.1, 0.15) is 16.8 Å². The summed E-state index contributed by atoms with van der Waals surface area (Å²) in [6.45, 7) is 4.66. The molecule has 0 fully saturated rings. The second-order valence-corrected chi connectivity index (χ2v) is 7.13. The van der Waals surface area contributed by atoms with Crippen molar-refractivity contribution in [3.63, 3.8) is 0 Å². The summed E-state index contributed by atoms with van der Waals surface area (Å²) in [7, 11) is -3.60. The van der Waals surface area contributed by atoms with Gasteiger partial charge >= 0.3 is 0 Å². The van der Waals surface area contributed by atoms with E-state index in [0.717, 1.165) is 9.88 Å². The molecule has 2 heterocycles. The largest absolute Gasteiger partial charge is 0.384 e. The van der Waals surface area contributed by atoms with Crippen molar-refractivity contribution in [2.75, 3.05) is 11.9 Å². The summed E-state index contributed by atoms with van der Waals surface area (Å²) >= 11 is 1.47. The zero-order valence-electron chi connectivity index (χ0n) is 11.3. The number of hydrogen-bond acceptors (Lipinski definition) is 6. The molecule has 0 aliphatic heterocycles. The maximum absolute atomic E-state index is 12.3. The third kappa shape index (κ3) is 3.53. The van der Waals surface area contributed by atoms with Crippen molar-refractivity contribution in [2.45, 2.75) is 25.3 Å². The van der Waals surface area contributed by atoms with Crippen molar-refractivity contribution in [1.82, 2.24) is 14.7 Å². The summed E-state index contributed by atoms with van der Waals surface area (Å²) in [6.07, 6.45) is 4.58. The lowest BCUT2D eigenvalue weighted by molar-refractivity contribution is 0.581. The molecule has 0 aromatic carbocycles. The molecule has 2 aromatic rings. The number of rotatable bonds is 6. The predicted molar refractivity (Wildman–Crippen MR) is 79.3 cm³/mol. The first-order chi connectivity index (χ1) is 9.53. The monoisotopic (exact) mass is 312 g/mol. The van der Waals surface area contributed by atoms with E-state index in [4.69, 9.17) is 0 Å². The molecular weight excluding hydrogens is 296 g/mol. The lowest BCUT2D eigenvalue weighted by atomic mass is 10.4. The summed E-state index contributed by atoms with van der Waals surface area (Å²) in [6, 6.07) is 1.65. The number of hydrogen-bond donors (Lipinski definition) is 2. The van der Waals surface area contributed by atoms with E-state index in [2.05, 4.69) is 20.0 Å². The van der Waals surface area contributed by atoms with E-state index in [1.165, 1.54) is 17.5 Å². The summed E-state index contributed by atoms with van der Waals surface area (Å²) in [5, 5.41) is 3.93. The molecule has 0 atom stereocenters. The van der Waals surface area contributed by atoms with E-state index in [1.807, 2.05) is 13.8 Å². The van der Waals surface area contributed by atoms with Crippen LogP contribution >= 0.6 is 11.3 Å². The lowest BCUT2D eigenvalue weighted by Crippen LogP contribution is -2.24. The average molecular weight is 312 g/mol. The van der Waals surface area contributed by atoms with Gasteiger partial charge in [0.05, 0.1) is 10.7 Å². The standard InChI is InChI=1S/C12H16N4O2S2/c1-3-14-11-4-5-13-8-12(11)20(17,18)16-7-10-6-15-9(2)19-10/h4-6,8,16H,3,7H2,1-2H3,(H,13,14). The minimum absolute atomic E-state index is 0.156. The molecule has 0 radical (unpaired) electrons. The van der Waals surface area contributed by atoms with Crippen LogP contribution in [0.4, 0.5) is 5.69 Å². The topological polar surface area (TPSA) is 84.0 Å². The number of nitrogens with zero attached hydrogens (tertiary/aromatic N) is 2. The zero-order chi connectivity index (χ0) is 14.6. The van der Waals surface area contributed by atoms with Gasteiger partial charge in [0.25, 0.3) is 0 Å². The van der Waals surface area contributed by atoms with E-state index < -0.39 is 10.0 Å². The molecule has 0 bridgehead atoms. The van der Waals surface area contributed by atoms with Crippen molar-refractivity contribution in [3.8, 4) is 0 Å². The molecule has 2 rings (SSSR count). The van der Waals surface area contributed by atoms with Gasteiger partial charge in [0.15, 0.2) is 0 Å². The minimum atomic E-state index is -3.60. The minimum Gasteiger partial charge on any atom is -0.384 e. The van der Waals surface area contributed by atoms with Crippen LogP contribution in [0.25, 0.3) is 0 Å². The molecule has 0 aliphatic carbocycles. The maximum Gasteiger partial charge on any atom is 0.244 e. The number of pyridine rings is 1. The molecule has 20 heavy (non-hydrogen) atoms. The summed E-state index contributed by atoms with van der Waals surface area (Å²) in [4.78, 5) is 9.01. The molecule has 0 saturated heterocycles. The van der Waals surface area contributed by atoms with Gasteiger partial charge < -0.3 is 5.32 Å². The van der Waals surface area contributed by atoms with Gasteiger partial charge in [0, 0.05) is 36.6 Å². The number of anilines is 1. The number of aryl methyl sites for hydroxylation is 1. The maximum atomic E-state index is 12.3. The summed E-state index contributed by atoms with van der Waals surface area (Å²) in [5.41, 5.74) is 0.551. The van der Waals surface area contributed by atoms with E-state index in [0.29, 0.717) is 12.2 Å². The van der Waals surface area contributed by atoms with Crippen LogP contribution in [0, 0.1) is 6.92 Å². The van der Waals surface area contributed by atoms with E-state index in [9.17, 15) is 8.42 Å². The fourth-order valence-electron chi connectivity index (χ4n) is 1.66. The van der Waals surface area contributed by atoms with Gasteiger partial charge in [-0.2, -0.15) is 0 Å². The van der Waals surface area contributed by atoms with Crippen LogP contribution in [0.2, 0.25) is 0 Å². The van der Waals surface area contributed by atoms with Gasteiger partial charge in [-0.1, -0.05) is 0 Å². The van der Waals surface area contributed by atoms with Crippen LogP contribution in [-0.2, 0) is 16.6 Å². The first kappa shape index (κ1) is 14.9. The highest BCUT2D eigenvalue weighted by Gasteiger charge is 2.18. The van der Waals surface area contributed by atoms with Gasteiger partial charge in [-0.05, 0) is 19.9 Å². The molecule has 0 amide bonds. The first-order valence-electron chi connectivity index (χ1n) is 6.12. The number of sulfonamides is 1. The van der Waals surface area contributed by atoms with Crippen LogP contribution in [-0.4, -0.2) is 24.9 Å². The molecule has 2 aromatic heterocycles. The summed E-state index contributed by atoms with van der Waals surface area (Å²) in [5.74, 6) is 0. The van der Waals surface area contributed by atoms with E-state index in [1.54, 1.807) is 18.5 Å². The van der Waals surface area contributed by atoms with Crippen molar-refractivity contribution in [2.24, 2.45) is 0 Å². The fourth-order valence-corrected chi connectivity index (χ4v) is 3.62. The van der Waals surface area contributed by atoms with Gasteiger partial charge in [-0.15, -0.1) is 11.3 Å². The lowest BCUT2D eigenvalue weighted by Gasteiger charge is -2.11. The van der Waals surface area contributed by atoms with Gasteiger partial charge in [-0.3, -0.25) is 4.98 Å². The Hall–Kier alpha value is -1.51. The second-order valence-electron chi connectivity index (χ2n) is 4.07. The number of nitrogens with one attached hydrogen (secondary N) is 2. The Morgan fingerprint density at radius 1 is 1.35 bits per heavy atom. The molecular formula is C12H16N4O2S2. The molecule has 0 unspecified atom stereocenters. The Morgan fingerprint density at radius 3 is 2.80 bits per heavy atom. The molecule has 0 saturated carbocycles. The van der Waals surface area contributed by atoms with Crippen LogP contribution in [0.15, 0.2) is 29.6 Å². The predicted octanol–water partition coefficient (Wildman–Crippen LogP) is 1.76. The Bertz CT molecular complexity index is 682. The molecule has 8 heteroatoms. The second kappa shape index (κ2) is 6.29. The average Bonchev–Trinajstić information content (AvgIpc) is 2.83. The van der Waals surface area contributed by atoms with Gasteiger partial charge in [-0.25, -0.2) is 18.1 Å². The SMILES string of the molecule is CCNc1ccncc1S(=O)(=O)NCc1cnc(C)s1. The Labute approximate surface area is 122 Å². The summed E-state index contributed by atoms with van der Waals surface area (Å²) < 4.78 is 27.2. The van der Waals surface area contributed by atoms with Crippen LogP contribution < -0.4 is 10.0 Å². The van der Waals surface area contributed by atoms with Crippen molar-refractivity contribution in [1.29, 1.82) is 0 Å². The number of thiazole rings is 1. The van der Waals surface area contributed by atoms with Crippen molar-refractivity contribution in [3.05, 3.63) is 34.5 Å². The van der Waals surface area contributed by atoms with Crippen molar-refractivity contribution < 1.29 is 8.42 Å².